The Labute approximate surface area is 64.1 Å². The van der Waals surface area contributed by atoms with Crippen molar-refractivity contribution in [3.63, 3.8) is 0 Å². The van der Waals surface area contributed by atoms with Gasteiger partial charge in [-0.3, -0.25) is 0 Å². The summed E-state index contributed by atoms with van der Waals surface area (Å²) in [6.07, 6.45) is 0. The van der Waals surface area contributed by atoms with Crippen LogP contribution in [0.2, 0.25) is 0 Å². The molecule has 0 amide bonds. The van der Waals surface area contributed by atoms with Gasteiger partial charge in [0.05, 0.1) is 5.56 Å². The number of para-hydroxylation sites is 1. The topological polar surface area (TPSA) is 21.8 Å². The number of hydrogen-bond acceptors (Lipinski definition) is 2. The van der Waals surface area contributed by atoms with Crippen molar-refractivity contribution < 1.29 is 9.47 Å². The fourth-order valence-electron chi connectivity index (χ4n) is 1.32. The van der Waals surface area contributed by atoms with Gasteiger partial charge in [0.2, 0.25) is 0 Å². The van der Waals surface area contributed by atoms with Crippen molar-refractivity contribution in [2.75, 3.05) is 6.61 Å². The van der Waals surface area contributed by atoms with E-state index in [9.17, 15) is 0 Å². The van der Waals surface area contributed by atoms with Crippen molar-refractivity contribution in [3.05, 3.63) is 35.6 Å². The largest absolute Gasteiger partial charge is 0.485 e. The van der Waals surface area contributed by atoms with E-state index in [1.54, 1.807) is 0 Å². The van der Waals surface area contributed by atoms with Gasteiger partial charge in [-0.15, -0.1) is 0 Å². The molecular weight excluding hydrogens is 140 g/mol. The zero-order valence-corrected chi connectivity index (χ0v) is 5.83. The molecule has 1 aromatic rings. The summed E-state index contributed by atoms with van der Waals surface area (Å²) < 4.78 is 10.6. The molecule has 0 bridgehead atoms. The van der Waals surface area contributed by atoms with E-state index in [1.165, 1.54) is 0 Å². The fraction of sp³-hybridized carbons (Fsp3) is 0.111. The molecule has 0 spiro atoms. The second kappa shape index (κ2) is 1.59. The third-order valence-electron chi connectivity index (χ3n) is 1.93. The van der Waals surface area contributed by atoms with Gasteiger partial charge in [0.15, 0.2) is 11.5 Å². The predicted octanol–water partition coefficient (Wildman–Crippen LogP) is 1.78. The molecule has 0 unspecified atom stereocenters. The highest BCUT2D eigenvalue weighted by molar-refractivity contribution is 5.77. The van der Waals surface area contributed by atoms with Crippen LogP contribution < -0.4 is 4.74 Å². The summed E-state index contributed by atoms with van der Waals surface area (Å²) >= 11 is 0. The van der Waals surface area contributed by atoms with Crippen LogP contribution in [0.3, 0.4) is 0 Å². The van der Waals surface area contributed by atoms with Crippen molar-refractivity contribution in [3.8, 4) is 5.75 Å². The standard InChI is InChI=1S/C9H6O2/c1-2-4-7-6(3-1)9-8(11-9)5-10-7/h1-4H,5H2. The van der Waals surface area contributed by atoms with E-state index in [1.807, 2.05) is 24.3 Å². The van der Waals surface area contributed by atoms with E-state index in [-0.39, 0.29) is 0 Å². The van der Waals surface area contributed by atoms with E-state index >= 15 is 0 Å². The number of benzene rings is 1. The lowest BCUT2D eigenvalue weighted by molar-refractivity contribution is 0.325. The number of hydrogen-bond donors (Lipinski definition) is 0. The molecule has 0 saturated heterocycles. The maximum atomic E-state index is 5.39. The van der Waals surface area contributed by atoms with Crippen LogP contribution >= 0.6 is 0 Å². The van der Waals surface area contributed by atoms with Crippen LogP contribution in [-0.4, -0.2) is 6.61 Å². The Morgan fingerprint density at radius 1 is 1.18 bits per heavy atom. The summed E-state index contributed by atoms with van der Waals surface area (Å²) in [6, 6.07) is 7.92. The second-order valence-electron chi connectivity index (χ2n) is 2.64. The number of fused-ring (bicyclic) bond motifs is 2. The van der Waals surface area contributed by atoms with Gasteiger partial charge in [0.1, 0.15) is 12.4 Å². The number of ether oxygens (including phenoxy) is 2. The molecule has 2 aliphatic heterocycles. The lowest BCUT2D eigenvalue weighted by Crippen LogP contribution is -1.99. The summed E-state index contributed by atoms with van der Waals surface area (Å²) in [5.41, 5.74) is 1.09. The molecule has 0 saturated carbocycles. The first kappa shape index (κ1) is 5.24. The van der Waals surface area contributed by atoms with Crippen LogP contribution in [-0.2, 0) is 4.74 Å². The lowest BCUT2D eigenvalue weighted by Gasteiger charge is -2.06. The molecular formula is C9H6O2. The maximum absolute atomic E-state index is 5.39. The molecule has 0 aliphatic carbocycles. The van der Waals surface area contributed by atoms with Crippen LogP contribution in [0.4, 0.5) is 0 Å². The van der Waals surface area contributed by atoms with Gasteiger partial charge in [-0.1, -0.05) is 12.1 Å². The zero-order valence-electron chi connectivity index (χ0n) is 5.83. The SMILES string of the molecule is c1ccc2c(c1)OCC1=C2O1. The molecule has 3 rings (SSSR count). The second-order valence-corrected chi connectivity index (χ2v) is 2.64. The van der Waals surface area contributed by atoms with E-state index in [2.05, 4.69) is 0 Å². The molecule has 2 nitrogen and oxygen atoms in total. The Hall–Kier alpha value is -1.44. The van der Waals surface area contributed by atoms with Gasteiger partial charge >= 0.3 is 0 Å². The van der Waals surface area contributed by atoms with Crippen molar-refractivity contribution >= 4 is 5.76 Å². The first-order chi connectivity index (χ1) is 5.45. The third-order valence-corrected chi connectivity index (χ3v) is 1.93. The van der Waals surface area contributed by atoms with Crippen LogP contribution in [0.5, 0.6) is 5.75 Å². The van der Waals surface area contributed by atoms with E-state index in [4.69, 9.17) is 9.47 Å². The van der Waals surface area contributed by atoms with Gasteiger partial charge in [-0.05, 0) is 12.1 Å². The van der Waals surface area contributed by atoms with Gasteiger partial charge in [0, 0.05) is 0 Å². The van der Waals surface area contributed by atoms with E-state index < -0.39 is 0 Å². The Morgan fingerprint density at radius 3 is 3.09 bits per heavy atom. The third kappa shape index (κ3) is 0.611. The first-order valence-corrected chi connectivity index (χ1v) is 3.58. The average molecular weight is 146 g/mol. The molecule has 0 N–H and O–H groups in total. The summed E-state index contributed by atoms with van der Waals surface area (Å²) in [7, 11) is 0. The highest BCUT2D eigenvalue weighted by Crippen LogP contribution is 2.44. The summed E-state index contributed by atoms with van der Waals surface area (Å²) in [5.74, 6) is 2.94. The minimum atomic E-state index is 0.604. The fourth-order valence-corrected chi connectivity index (χ4v) is 1.32. The van der Waals surface area contributed by atoms with Crippen molar-refractivity contribution in [1.29, 1.82) is 0 Å². The van der Waals surface area contributed by atoms with Gasteiger partial charge < -0.3 is 9.47 Å². The highest BCUT2D eigenvalue weighted by Gasteiger charge is 2.33. The van der Waals surface area contributed by atoms with Crippen molar-refractivity contribution in [2.24, 2.45) is 0 Å². The predicted molar refractivity (Wildman–Crippen MR) is 39.9 cm³/mol. The Morgan fingerprint density at radius 2 is 2.09 bits per heavy atom. The highest BCUT2D eigenvalue weighted by atomic mass is 16.6. The van der Waals surface area contributed by atoms with Crippen LogP contribution in [0.25, 0.3) is 5.76 Å². The molecule has 54 valence electrons. The Balaban J connectivity index is 2.25. The monoisotopic (exact) mass is 146 g/mol. The first-order valence-electron chi connectivity index (χ1n) is 3.58. The quantitative estimate of drug-likeness (QED) is 0.556. The summed E-state index contributed by atoms with van der Waals surface area (Å²) in [6.45, 7) is 0.604. The molecule has 0 aromatic heterocycles. The molecule has 2 aliphatic rings. The maximum Gasteiger partial charge on any atom is 0.185 e. The van der Waals surface area contributed by atoms with Crippen LogP contribution in [0.1, 0.15) is 5.56 Å². The summed E-state index contributed by atoms with van der Waals surface area (Å²) in [5, 5.41) is 0. The molecule has 1 aromatic carbocycles. The average Bonchev–Trinajstić information content (AvgIpc) is 2.83. The molecule has 11 heavy (non-hydrogen) atoms. The minimum Gasteiger partial charge on any atom is -0.485 e. The molecule has 2 heterocycles. The van der Waals surface area contributed by atoms with Crippen molar-refractivity contribution in [2.45, 2.75) is 0 Å². The molecule has 0 fully saturated rings. The van der Waals surface area contributed by atoms with Gasteiger partial charge in [-0.25, -0.2) is 0 Å². The van der Waals surface area contributed by atoms with Crippen LogP contribution in [0, 0.1) is 0 Å². The van der Waals surface area contributed by atoms with Crippen LogP contribution in [0.15, 0.2) is 30.0 Å². The molecule has 0 radical (unpaired) electrons. The zero-order chi connectivity index (χ0) is 7.26. The van der Waals surface area contributed by atoms with Crippen molar-refractivity contribution in [1.82, 2.24) is 0 Å². The van der Waals surface area contributed by atoms with Gasteiger partial charge in [-0.2, -0.15) is 0 Å². The molecule has 2 heteroatoms. The number of rotatable bonds is 0. The lowest BCUT2D eigenvalue weighted by atomic mass is 10.1. The normalized spacial score (nSPS) is 17.8. The molecule has 0 atom stereocenters. The smallest absolute Gasteiger partial charge is 0.185 e. The van der Waals surface area contributed by atoms with Gasteiger partial charge in [0.25, 0.3) is 0 Å². The minimum absolute atomic E-state index is 0.604. The van der Waals surface area contributed by atoms with E-state index in [0.717, 1.165) is 22.8 Å². The van der Waals surface area contributed by atoms with E-state index in [0.29, 0.717) is 6.61 Å². The Bertz CT molecular complexity index is 352. The summed E-state index contributed by atoms with van der Waals surface area (Å²) in [4.78, 5) is 0. The Kier molecular flexibility index (Phi) is 0.756.